The number of rotatable bonds is 2. The maximum absolute atomic E-state index is 13.1. The van der Waals surface area contributed by atoms with Gasteiger partial charge in [-0.15, -0.1) is 0 Å². The van der Waals surface area contributed by atoms with Gasteiger partial charge in [-0.05, 0) is 31.4 Å². The number of halogens is 1. The first-order chi connectivity index (χ1) is 7.59. The highest BCUT2D eigenvalue weighted by Gasteiger charge is 2.43. The molecule has 0 amide bonds. The third-order valence-electron chi connectivity index (χ3n) is 3.09. The van der Waals surface area contributed by atoms with Gasteiger partial charge in [-0.3, -0.25) is 10.1 Å². The largest absolute Gasteiger partial charge is 0.274 e. The predicted octanol–water partition coefficient (Wildman–Crippen LogP) is 2.68. The maximum atomic E-state index is 13.1. The lowest BCUT2D eigenvalue weighted by atomic mass is 9.65. The first-order valence-electron chi connectivity index (χ1n) is 4.95. The molecule has 1 aromatic rings. The molecule has 0 aliphatic heterocycles. The van der Waals surface area contributed by atoms with E-state index >= 15 is 0 Å². The first-order valence-corrected chi connectivity index (χ1v) is 4.95. The van der Waals surface area contributed by atoms with Gasteiger partial charge in [0.15, 0.2) is 0 Å². The Labute approximate surface area is 91.5 Å². The van der Waals surface area contributed by atoms with Crippen molar-refractivity contribution in [2.45, 2.75) is 24.7 Å². The summed E-state index contributed by atoms with van der Waals surface area (Å²) in [6, 6.07) is 5.37. The molecule has 0 N–H and O–H groups in total. The molecule has 1 aliphatic carbocycles. The normalized spacial score (nSPS) is 17.2. The number of hydrogen-bond donors (Lipinski definition) is 0. The van der Waals surface area contributed by atoms with Gasteiger partial charge in [-0.2, -0.15) is 5.26 Å². The van der Waals surface area contributed by atoms with Crippen molar-refractivity contribution in [3.8, 4) is 6.07 Å². The Morgan fingerprint density at radius 3 is 2.62 bits per heavy atom. The van der Waals surface area contributed by atoms with E-state index in [4.69, 9.17) is 5.26 Å². The number of nitrogens with zero attached hydrogens (tertiary/aromatic N) is 2. The molecule has 4 nitrogen and oxygen atoms in total. The number of nitro benzene ring substituents is 1. The summed E-state index contributed by atoms with van der Waals surface area (Å²) < 4.78 is 13.1. The van der Waals surface area contributed by atoms with Gasteiger partial charge < -0.3 is 0 Å². The Kier molecular flexibility index (Phi) is 2.35. The maximum Gasteiger partial charge on any atom is 0.274 e. The second-order valence-corrected chi connectivity index (χ2v) is 3.97. The van der Waals surface area contributed by atoms with Crippen molar-refractivity contribution in [3.05, 3.63) is 39.7 Å². The van der Waals surface area contributed by atoms with Crippen LogP contribution in [0.3, 0.4) is 0 Å². The molecule has 0 heterocycles. The Balaban J connectivity index is 2.58. The average Bonchev–Trinajstić information content (AvgIpc) is 2.16. The van der Waals surface area contributed by atoms with Crippen LogP contribution in [-0.4, -0.2) is 4.92 Å². The molecule has 16 heavy (non-hydrogen) atoms. The summed E-state index contributed by atoms with van der Waals surface area (Å²) in [5.41, 5.74) is -0.807. The topological polar surface area (TPSA) is 66.9 Å². The van der Waals surface area contributed by atoms with Crippen LogP contribution >= 0.6 is 0 Å². The van der Waals surface area contributed by atoms with Gasteiger partial charge in [0.25, 0.3) is 5.69 Å². The highest BCUT2D eigenvalue weighted by Crippen LogP contribution is 2.46. The van der Waals surface area contributed by atoms with E-state index in [0.29, 0.717) is 12.8 Å². The molecule has 0 spiro atoms. The first kappa shape index (κ1) is 10.6. The zero-order chi connectivity index (χ0) is 11.8. The Morgan fingerprint density at radius 1 is 1.50 bits per heavy atom. The summed E-state index contributed by atoms with van der Waals surface area (Å²) in [6.45, 7) is 0. The van der Waals surface area contributed by atoms with E-state index in [9.17, 15) is 14.5 Å². The molecular formula is C11H9FN2O2. The standard InChI is InChI=1S/C11H9FN2O2/c12-8-2-3-10(14(15)16)9(6-8)11(7-13)4-1-5-11/h2-3,6H,1,4-5H2. The van der Waals surface area contributed by atoms with Crippen molar-refractivity contribution in [3.63, 3.8) is 0 Å². The quantitative estimate of drug-likeness (QED) is 0.568. The van der Waals surface area contributed by atoms with Gasteiger partial charge >= 0.3 is 0 Å². The molecule has 0 atom stereocenters. The van der Waals surface area contributed by atoms with Crippen molar-refractivity contribution >= 4 is 5.69 Å². The third kappa shape index (κ3) is 1.43. The van der Waals surface area contributed by atoms with Crippen LogP contribution in [0.5, 0.6) is 0 Å². The minimum atomic E-state index is -0.857. The molecule has 1 aromatic carbocycles. The average molecular weight is 220 g/mol. The van der Waals surface area contributed by atoms with Crippen LogP contribution in [0.2, 0.25) is 0 Å². The van der Waals surface area contributed by atoms with E-state index < -0.39 is 16.2 Å². The van der Waals surface area contributed by atoms with E-state index in [1.165, 1.54) is 0 Å². The van der Waals surface area contributed by atoms with Crippen LogP contribution in [0.15, 0.2) is 18.2 Å². The molecule has 1 aliphatic rings. The van der Waals surface area contributed by atoms with Crippen molar-refractivity contribution < 1.29 is 9.31 Å². The lowest BCUT2D eigenvalue weighted by Gasteiger charge is -2.34. The van der Waals surface area contributed by atoms with Crippen LogP contribution in [0, 0.1) is 27.3 Å². The summed E-state index contributed by atoms with van der Waals surface area (Å²) >= 11 is 0. The number of nitro groups is 1. The number of hydrogen-bond acceptors (Lipinski definition) is 3. The van der Waals surface area contributed by atoms with Gasteiger partial charge in [0.05, 0.1) is 22.0 Å². The molecule has 0 unspecified atom stereocenters. The summed E-state index contributed by atoms with van der Waals surface area (Å²) in [5.74, 6) is -0.540. The van der Waals surface area contributed by atoms with E-state index in [0.717, 1.165) is 24.6 Å². The monoisotopic (exact) mass is 220 g/mol. The van der Waals surface area contributed by atoms with Crippen molar-refractivity contribution in [1.82, 2.24) is 0 Å². The molecule has 2 rings (SSSR count). The summed E-state index contributed by atoms with van der Waals surface area (Å²) in [4.78, 5) is 10.2. The fourth-order valence-electron chi connectivity index (χ4n) is 2.02. The van der Waals surface area contributed by atoms with Crippen LogP contribution in [-0.2, 0) is 5.41 Å². The predicted molar refractivity (Wildman–Crippen MR) is 54.2 cm³/mol. The lowest BCUT2D eigenvalue weighted by Crippen LogP contribution is -2.33. The zero-order valence-corrected chi connectivity index (χ0v) is 8.44. The fraction of sp³-hybridized carbons (Fsp3) is 0.364. The Bertz CT molecular complexity index is 489. The molecule has 0 saturated heterocycles. The smallest absolute Gasteiger partial charge is 0.258 e. The zero-order valence-electron chi connectivity index (χ0n) is 8.44. The Morgan fingerprint density at radius 2 is 2.19 bits per heavy atom. The summed E-state index contributed by atoms with van der Waals surface area (Å²) in [6.07, 6.45) is 1.98. The van der Waals surface area contributed by atoms with Gasteiger partial charge in [0.1, 0.15) is 5.82 Å². The number of nitriles is 1. The second kappa shape index (κ2) is 3.56. The minimum absolute atomic E-state index is 0.164. The van der Waals surface area contributed by atoms with Gasteiger partial charge in [0.2, 0.25) is 0 Å². The molecule has 1 saturated carbocycles. The molecule has 0 aromatic heterocycles. The second-order valence-electron chi connectivity index (χ2n) is 3.97. The molecular weight excluding hydrogens is 211 g/mol. The van der Waals surface area contributed by atoms with Crippen LogP contribution in [0.1, 0.15) is 24.8 Å². The lowest BCUT2D eigenvalue weighted by molar-refractivity contribution is -0.386. The molecule has 1 fully saturated rings. The molecule has 82 valence electrons. The van der Waals surface area contributed by atoms with Gasteiger partial charge in [-0.1, -0.05) is 0 Å². The third-order valence-corrected chi connectivity index (χ3v) is 3.09. The van der Waals surface area contributed by atoms with Crippen molar-refractivity contribution in [2.24, 2.45) is 0 Å². The highest BCUT2D eigenvalue weighted by molar-refractivity contribution is 5.50. The summed E-state index contributed by atoms with van der Waals surface area (Å²) in [5, 5.41) is 19.9. The fourth-order valence-corrected chi connectivity index (χ4v) is 2.02. The van der Waals surface area contributed by atoms with E-state index in [2.05, 4.69) is 6.07 Å². The van der Waals surface area contributed by atoms with Crippen molar-refractivity contribution in [2.75, 3.05) is 0 Å². The molecule has 0 bridgehead atoms. The SMILES string of the molecule is N#CC1(c2cc(F)ccc2[N+](=O)[O-])CCC1. The Hall–Kier alpha value is -1.96. The summed E-state index contributed by atoms with van der Waals surface area (Å²) in [7, 11) is 0. The van der Waals surface area contributed by atoms with E-state index in [1.54, 1.807) is 0 Å². The van der Waals surface area contributed by atoms with Gasteiger partial charge in [-0.25, -0.2) is 4.39 Å². The van der Waals surface area contributed by atoms with Crippen LogP contribution in [0.25, 0.3) is 0 Å². The molecule has 0 radical (unpaired) electrons. The highest BCUT2D eigenvalue weighted by atomic mass is 19.1. The number of benzene rings is 1. The van der Waals surface area contributed by atoms with Crippen molar-refractivity contribution in [1.29, 1.82) is 5.26 Å². The van der Waals surface area contributed by atoms with Crippen LogP contribution in [0.4, 0.5) is 10.1 Å². The van der Waals surface area contributed by atoms with Crippen LogP contribution < -0.4 is 0 Å². The van der Waals surface area contributed by atoms with Gasteiger partial charge in [0, 0.05) is 6.07 Å². The van der Waals surface area contributed by atoms with E-state index in [1.807, 2.05) is 0 Å². The molecule has 5 heteroatoms. The van der Waals surface area contributed by atoms with E-state index in [-0.39, 0.29) is 11.3 Å². The minimum Gasteiger partial charge on any atom is -0.258 e.